The van der Waals surface area contributed by atoms with Gasteiger partial charge in [0, 0.05) is 7.11 Å². The van der Waals surface area contributed by atoms with Crippen LogP contribution in [0.5, 0.6) is 0 Å². The standard InChI is InChI=1S/C11H18N4O3/c1-8-13-9(18-14-8)6-15-5-3-4-11(15,7-17-2)10(12)16/h3-7H2,1-2H3,(H2,12,16). The van der Waals surface area contributed by atoms with Crippen molar-refractivity contribution in [3.8, 4) is 0 Å². The Morgan fingerprint density at radius 2 is 2.44 bits per heavy atom. The number of ether oxygens (including phenoxy) is 1. The fourth-order valence-electron chi connectivity index (χ4n) is 2.48. The van der Waals surface area contributed by atoms with Gasteiger partial charge in [-0.15, -0.1) is 0 Å². The van der Waals surface area contributed by atoms with E-state index in [2.05, 4.69) is 10.1 Å². The van der Waals surface area contributed by atoms with Crippen LogP contribution in [-0.2, 0) is 16.1 Å². The minimum Gasteiger partial charge on any atom is -0.382 e. The van der Waals surface area contributed by atoms with E-state index in [0.717, 1.165) is 13.0 Å². The quantitative estimate of drug-likeness (QED) is 0.785. The summed E-state index contributed by atoms with van der Waals surface area (Å²) >= 11 is 0. The maximum Gasteiger partial charge on any atom is 0.240 e. The Morgan fingerprint density at radius 3 is 3.00 bits per heavy atom. The largest absolute Gasteiger partial charge is 0.382 e. The van der Waals surface area contributed by atoms with E-state index in [1.807, 2.05) is 4.90 Å². The third kappa shape index (κ3) is 2.23. The Kier molecular flexibility index (Phi) is 3.63. The van der Waals surface area contributed by atoms with Crippen LogP contribution in [0.3, 0.4) is 0 Å². The van der Waals surface area contributed by atoms with Gasteiger partial charge in [0.2, 0.25) is 11.8 Å². The van der Waals surface area contributed by atoms with Gasteiger partial charge in [-0.2, -0.15) is 4.98 Å². The highest BCUT2D eigenvalue weighted by molar-refractivity contribution is 5.85. The summed E-state index contributed by atoms with van der Waals surface area (Å²) in [5, 5.41) is 3.74. The number of rotatable bonds is 5. The number of nitrogens with zero attached hydrogens (tertiary/aromatic N) is 3. The number of likely N-dealkylation sites (tertiary alicyclic amines) is 1. The van der Waals surface area contributed by atoms with Gasteiger partial charge >= 0.3 is 0 Å². The van der Waals surface area contributed by atoms with E-state index in [4.69, 9.17) is 15.0 Å². The number of hydrogen-bond donors (Lipinski definition) is 1. The van der Waals surface area contributed by atoms with Gasteiger partial charge in [-0.05, 0) is 26.3 Å². The normalized spacial score (nSPS) is 24.6. The molecule has 100 valence electrons. The van der Waals surface area contributed by atoms with Gasteiger partial charge in [0.25, 0.3) is 0 Å². The van der Waals surface area contributed by atoms with Gasteiger partial charge in [-0.3, -0.25) is 9.69 Å². The van der Waals surface area contributed by atoms with Crippen LogP contribution in [0.25, 0.3) is 0 Å². The molecule has 7 nitrogen and oxygen atoms in total. The molecule has 1 fully saturated rings. The lowest BCUT2D eigenvalue weighted by Crippen LogP contribution is -2.56. The lowest BCUT2D eigenvalue weighted by Gasteiger charge is -2.34. The molecule has 2 N–H and O–H groups in total. The molecule has 0 spiro atoms. The second-order valence-corrected chi connectivity index (χ2v) is 4.59. The van der Waals surface area contributed by atoms with Crippen molar-refractivity contribution in [1.82, 2.24) is 15.0 Å². The highest BCUT2D eigenvalue weighted by Crippen LogP contribution is 2.30. The molecule has 7 heteroatoms. The highest BCUT2D eigenvalue weighted by Gasteiger charge is 2.46. The molecule has 18 heavy (non-hydrogen) atoms. The van der Waals surface area contributed by atoms with Gasteiger partial charge in [-0.25, -0.2) is 0 Å². The van der Waals surface area contributed by atoms with Crippen LogP contribution < -0.4 is 5.73 Å². The number of aryl methyl sites for hydroxylation is 1. The van der Waals surface area contributed by atoms with Crippen LogP contribution in [0.4, 0.5) is 0 Å². The first kappa shape index (κ1) is 13.0. The Bertz CT molecular complexity index is 434. The van der Waals surface area contributed by atoms with Crippen molar-refractivity contribution in [3.05, 3.63) is 11.7 Å². The molecule has 0 aromatic carbocycles. The van der Waals surface area contributed by atoms with Crippen LogP contribution in [0.2, 0.25) is 0 Å². The van der Waals surface area contributed by atoms with Crippen LogP contribution in [0.1, 0.15) is 24.6 Å². The van der Waals surface area contributed by atoms with Gasteiger partial charge in [-0.1, -0.05) is 5.16 Å². The van der Waals surface area contributed by atoms with Crippen LogP contribution in [-0.4, -0.2) is 46.7 Å². The average Bonchev–Trinajstić information content (AvgIpc) is 2.88. The zero-order chi connectivity index (χ0) is 13.2. The van der Waals surface area contributed by atoms with Crippen molar-refractivity contribution in [2.45, 2.75) is 31.8 Å². The Balaban J connectivity index is 2.17. The Labute approximate surface area is 105 Å². The van der Waals surface area contributed by atoms with Crippen LogP contribution in [0.15, 0.2) is 4.52 Å². The molecule has 0 radical (unpaired) electrons. The third-order valence-electron chi connectivity index (χ3n) is 3.36. The lowest BCUT2D eigenvalue weighted by molar-refractivity contribution is -0.132. The number of methoxy groups -OCH3 is 1. The van der Waals surface area contributed by atoms with E-state index in [-0.39, 0.29) is 12.5 Å². The number of nitrogens with two attached hydrogens (primary N) is 1. The maximum absolute atomic E-state index is 11.8. The van der Waals surface area contributed by atoms with E-state index in [9.17, 15) is 4.79 Å². The molecule has 1 saturated heterocycles. The van der Waals surface area contributed by atoms with E-state index in [1.54, 1.807) is 14.0 Å². The predicted molar refractivity (Wildman–Crippen MR) is 62.5 cm³/mol. The van der Waals surface area contributed by atoms with Gasteiger partial charge in [0.1, 0.15) is 5.54 Å². The summed E-state index contributed by atoms with van der Waals surface area (Å²) in [6, 6.07) is 0. The molecule has 1 atom stereocenters. The van der Waals surface area contributed by atoms with Crippen molar-refractivity contribution in [1.29, 1.82) is 0 Å². The molecule has 0 aliphatic carbocycles. The summed E-state index contributed by atoms with van der Waals surface area (Å²) < 4.78 is 10.2. The number of aromatic nitrogens is 2. The molecule has 1 aliphatic heterocycles. The predicted octanol–water partition coefficient (Wildman–Crippen LogP) is -0.156. The number of primary amides is 1. The zero-order valence-electron chi connectivity index (χ0n) is 10.7. The van der Waals surface area contributed by atoms with Gasteiger partial charge in [0.15, 0.2) is 5.82 Å². The first-order valence-electron chi connectivity index (χ1n) is 5.91. The number of hydrogen-bond acceptors (Lipinski definition) is 6. The average molecular weight is 254 g/mol. The number of amides is 1. The van der Waals surface area contributed by atoms with E-state index in [0.29, 0.717) is 24.7 Å². The fourth-order valence-corrected chi connectivity index (χ4v) is 2.48. The monoisotopic (exact) mass is 254 g/mol. The second kappa shape index (κ2) is 5.03. The van der Waals surface area contributed by atoms with Gasteiger partial charge in [0.05, 0.1) is 13.2 Å². The Morgan fingerprint density at radius 1 is 1.67 bits per heavy atom. The summed E-state index contributed by atoms with van der Waals surface area (Å²) in [4.78, 5) is 17.9. The summed E-state index contributed by atoms with van der Waals surface area (Å²) in [7, 11) is 1.57. The highest BCUT2D eigenvalue weighted by atomic mass is 16.5. The number of carbonyl (C=O) groups excluding carboxylic acids is 1. The molecule has 1 aromatic heterocycles. The minimum absolute atomic E-state index is 0.287. The summed E-state index contributed by atoms with van der Waals surface area (Å²) in [5.41, 5.74) is 4.79. The topological polar surface area (TPSA) is 94.5 Å². The smallest absolute Gasteiger partial charge is 0.240 e. The van der Waals surface area contributed by atoms with Crippen LogP contribution >= 0.6 is 0 Å². The first-order valence-corrected chi connectivity index (χ1v) is 5.91. The maximum atomic E-state index is 11.8. The molecule has 1 aliphatic rings. The van der Waals surface area contributed by atoms with Crippen molar-refractivity contribution in [2.24, 2.45) is 5.73 Å². The minimum atomic E-state index is -0.753. The first-order chi connectivity index (χ1) is 8.58. The number of carbonyl (C=O) groups is 1. The molecule has 1 unspecified atom stereocenters. The molecule has 1 amide bonds. The summed E-state index contributed by atoms with van der Waals surface area (Å²) in [5.74, 6) is 0.717. The molecule has 0 saturated carbocycles. The summed E-state index contributed by atoms with van der Waals surface area (Å²) in [6.07, 6.45) is 1.60. The zero-order valence-corrected chi connectivity index (χ0v) is 10.7. The van der Waals surface area contributed by atoms with Crippen LogP contribution in [0, 0.1) is 6.92 Å². The fraction of sp³-hybridized carbons (Fsp3) is 0.727. The molecular weight excluding hydrogens is 236 g/mol. The molecule has 2 heterocycles. The van der Waals surface area contributed by atoms with Crippen molar-refractivity contribution in [2.75, 3.05) is 20.3 Å². The Hall–Kier alpha value is -1.47. The van der Waals surface area contributed by atoms with Crippen molar-refractivity contribution < 1.29 is 14.1 Å². The van der Waals surface area contributed by atoms with E-state index in [1.165, 1.54) is 0 Å². The van der Waals surface area contributed by atoms with E-state index < -0.39 is 5.54 Å². The van der Waals surface area contributed by atoms with Crippen molar-refractivity contribution in [3.63, 3.8) is 0 Å². The van der Waals surface area contributed by atoms with E-state index >= 15 is 0 Å². The molecule has 1 aromatic rings. The molecule has 0 bridgehead atoms. The summed E-state index contributed by atoms with van der Waals surface area (Å²) in [6.45, 7) is 3.24. The van der Waals surface area contributed by atoms with Crippen molar-refractivity contribution >= 4 is 5.91 Å². The molecular formula is C11H18N4O3. The lowest BCUT2D eigenvalue weighted by atomic mass is 9.96. The third-order valence-corrected chi connectivity index (χ3v) is 3.36. The van der Waals surface area contributed by atoms with Gasteiger partial charge < -0.3 is 15.0 Å². The SMILES string of the molecule is COCC1(C(N)=O)CCCN1Cc1nc(C)no1. The molecule has 2 rings (SSSR count). The second-order valence-electron chi connectivity index (χ2n) is 4.59.